The van der Waals surface area contributed by atoms with E-state index in [1.807, 2.05) is 55.4 Å². The molecule has 1 aliphatic carbocycles. The van der Waals surface area contributed by atoms with Crippen molar-refractivity contribution in [2.75, 3.05) is 25.9 Å². The number of amides is 5. The number of sulfonamides is 1. The van der Waals surface area contributed by atoms with Gasteiger partial charge >= 0.3 is 6.03 Å². The van der Waals surface area contributed by atoms with Crippen molar-refractivity contribution in [3.05, 3.63) is 0 Å². The molecular formula is C31H56F2N6O6S. The van der Waals surface area contributed by atoms with E-state index < -0.39 is 81.6 Å². The number of urea groups is 1. The molecule has 2 fully saturated rings. The zero-order chi connectivity index (χ0) is 35.8. The molecule has 0 radical (unpaired) electrons. The highest BCUT2D eigenvalue weighted by molar-refractivity contribution is 7.88. The molecule has 2 aliphatic rings. The van der Waals surface area contributed by atoms with E-state index >= 15 is 0 Å². The lowest BCUT2D eigenvalue weighted by atomic mass is 9.85. The Morgan fingerprint density at radius 3 is 1.93 bits per heavy atom. The number of hydrogen-bond acceptors (Lipinski definition) is 6. The van der Waals surface area contributed by atoms with Gasteiger partial charge in [-0.05, 0) is 33.5 Å². The van der Waals surface area contributed by atoms with Gasteiger partial charge in [0.25, 0.3) is 0 Å². The van der Waals surface area contributed by atoms with Crippen molar-refractivity contribution in [3.63, 3.8) is 0 Å². The summed E-state index contributed by atoms with van der Waals surface area (Å²) in [5.41, 5.74) is -1.96. The molecule has 1 heterocycles. The summed E-state index contributed by atoms with van der Waals surface area (Å²) in [5, 5.41) is 10.7. The number of likely N-dealkylation sites (tertiary alicyclic amines) is 1. The van der Waals surface area contributed by atoms with Gasteiger partial charge in [-0.1, -0.05) is 76.2 Å². The van der Waals surface area contributed by atoms with E-state index in [4.69, 9.17) is 0 Å². The fourth-order valence-electron chi connectivity index (χ4n) is 5.91. The summed E-state index contributed by atoms with van der Waals surface area (Å²) in [7, 11) is -3.53. The first-order chi connectivity index (χ1) is 20.6. The number of nitrogens with one attached hydrogen (secondary N) is 5. The molecule has 15 heteroatoms. The van der Waals surface area contributed by atoms with Gasteiger partial charge in [0, 0.05) is 32.1 Å². The molecular weight excluding hydrogens is 622 g/mol. The molecule has 0 spiro atoms. The maximum absolute atomic E-state index is 14.2. The van der Waals surface area contributed by atoms with Gasteiger partial charge in [-0.2, -0.15) is 0 Å². The first-order valence-electron chi connectivity index (χ1n) is 15.7. The Morgan fingerprint density at radius 2 is 1.48 bits per heavy atom. The molecule has 12 nitrogen and oxygen atoms in total. The Balaban J connectivity index is 2.32. The summed E-state index contributed by atoms with van der Waals surface area (Å²) in [5.74, 6) is -2.23. The first kappa shape index (κ1) is 39.6. The monoisotopic (exact) mass is 678 g/mol. The number of carbonyl (C=O) groups is 4. The molecule has 2 rings (SSSR count). The van der Waals surface area contributed by atoms with Crippen LogP contribution in [-0.2, 0) is 24.4 Å². The van der Waals surface area contributed by atoms with E-state index in [-0.39, 0.29) is 42.3 Å². The first-order valence-corrected chi connectivity index (χ1v) is 17.6. The van der Waals surface area contributed by atoms with Crippen molar-refractivity contribution >= 4 is 33.8 Å². The zero-order valence-electron chi connectivity index (χ0n) is 29.4. The molecule has 0 aromatic heterocycles. The van der Waals surface area contributed by atoms with Crippen molar-refractivity contribution in [1.29, 1.82) is 0 Å². The molecule has 1 saturated carbocycles. The SMILES string of the molecule is CC(C)(C)CNC(=O)[C@H](CC(F)F)NC(=O)[C@@H]1[C@@H]2[C@H](CN1C(=O)[C@@H](NC(=O)N[C@H](CNS(C)(=O)=O)C(C)(C)C)C(C)(C)C)C2(C)C. The number of piperidine rings is 1. The van der Waals surface area contributed by atoms with Crippen LogP contribution in [0.4, 0.5) is 13.6 Å². The molecule has 6 atom stereocenters. The van der Waals surface area contributed by atoms with Crippen LogP contribution in [-0.4, -0.2) is 93.6 Å². The van der Waals surface area contributed by atoms with Crippen LogP contribution >= 0.6 is 0 Å². The van der Waals surface area contributed by atoms with Gasteiger partial charge in [-0.15, -0.1) is 0 Å². The predicted octanol–water partition coefficient (Wildman–Crippen LogP) is 2.45. The van der Waals surface area contributed by atoms with Gasteiger partial charge in [-0.3, -0.25) is 14.4 Å². The predicted molar refractivity (Wildman–Crippen MR) is 172 cm³/mol. The Kier molecular flexibility index (Phi) is 12.0. The minimum absolute atomic E-state index is 0.0303. The number of hydrogen-bond donors (Lipinski definition) is 5. The van der Waals surface area contributed by atoms with Crippen LogP contribution in [0.5, 0.6) is 0 Å². The number of rotatable bonds is 12. The second-order valence-electron chi connectivity index (χ2n) is 16.8. The van der Waals surface area contributed by atoms with Crippen LogP contribution in [0.2, 0.25) is 0 Å². The van der Waals surface area contributed by atoms with Crippen molar-refractivity contribution in [2.24, 2.45) is 33.5 Å². The molecule has 1 aliphatic heterocycles. The summed E-state index contributed by atoms with van der Waals surface area (Å²) in [4.78, 5) is 55.6. The number of halogens is 2. The van der Waals surface area contributed by atoms with E-state index in [1.165, 1.54) is 4.90 Å². The zero-order valence-corrected chi connectivity index (χ0v) is 30.2. The Hall–Kier alpha value is -2.55. The summed E-state index contributed by atoms with van der Waals surface area (Å²) in [6.07, 6.45) is -2.71. The summed E-state index contributed by atoms with van der Waals surface area (Å²) >= 11 is 0. The Labute approximate surface area is 273 Å². The number of fused-ring (bicyclic) bond motifs is 1. The molecule has 5 N–H and O–H groups in total. The molecule has 0 aromatic carbocycles. The van der Waals surface area contributed by atoms with Gasteiger partial charge in [0.1, 0.15) is 18.1 Å². The van der Waals surface area contributed by atoms with E-state index in [0.717, 1.165) is 6.26 Å². The average Bonchev–Trinajstić information content (AvgIpc) is 3.18. The van der Waals surface area contributed by atoms with Crippen LogP contribution in [0.3, 0.4) is 0 Å². The highest BCUT2D eigenvalue weighted by Crippen LogP contribution is 2.65. The van der Waals surface area contributed by atoms with Crippen LogP contribution in [0.25, 0.3) is 0 Å². The molecule has 266 valence electrons. The Morgan fingerprint density at radius 1 is 0.913 bits per heavy atom. The maximum atomic E-state index is 14.2. The maximum Gasteiger partial charge on any atom is 0.315 e. The highest BCUT2D eigenvalue weighted by Gasteiger charge is 2.70. The average molecular weight is 679 g/mol. The van der Waals surface area contributed by atoms with Crippen molar-refractivity contribution in [2.45, 2.75) is 113 Å². The van der Waals surface area contributed by atoms with E-state index in [0.29, 0.717) is 0 Å². The topological polar surface area (TPSA) is 166 Å². The van der Waals surface area contributed by atoms with Gasteiger partial charge < -0.3 is 26.2 Å². The van der Waals surface area contributed by atoms with E-state index in [1.54, 1.807) is 20.8 Å². The van der Waals surface area contributed by atoms with Crippen molar-refractivity contribution < 1.29 is 36.4 Å². The molecule has 5 amide bonds. The molecule has 1 saturated heterocycles. The van der Waals surface area contributed by atoms with E-state index in [9.17, 15) is 36.4 Å². The lowest BCUT2D eigenvalue weighted by molar-refractivity contribution is -0.144. The van der Waals surface area contributed by atoms with E-state index in [2.05, 4.69) is 26.0 Å². The normalized spacial score (nSPS) is 23.2. The van der Waals surface area contributed by atoms with Crippen molar-refractivity contribution in [3.8, 4) is 0 Å². The smallest absolute Gasteiger partial charge is 0.315 e. The minimum atomic E-state index is -3.53. The standard InChI is InChI=1S/C31H56F2N6O6S/c1-28(2,3)16-34-24(40)18(13-20(32)33)36-25(41)22-21-17(31(21,10)11)15-39(22)26(42)23(30(7,8)9)38-27(43)37-19(29(4,5)6)14-35-46(12,44)45/h17-23,35H,13-16H2,1-12H3,(H,34,40)(H,36,41)(H2,37,38,43)/t17-,18-,19+,21-,22-,23+/m0/s1. The largest absolute Gasteiger partial charge is 0.354 e. The van der Waals surface area contributed by atoms with Crippen molar-refractivity contribution in [1.82, 2.24) is 30.9 Å². The Bertz CT molecular complexity index is 1260. The minimum Gasteiger partial charge on any atom is -0.354 e. The van der Waals surface area contributed by atoms with Gasteiger partial charge in [0.05, 0.1) is 6.26 Å². The molecule has 46 heavy (non-hydrogen) atoms. The number of carbonyl (C=O) groups excluding carboxylic acids is 4. The second kappa shape index (κ2) is 13.9. The third-order valence-electron chi connectivity index (χ3n) is 8.89. The fraction of sp³-hybridized carbons (Fsp3) is 0.871. The second-order valence-corrected chi connectivity index (χ2v) is 18.6. The number of alkyl halides is 2. The van der Waals surface area contributed by atoms with Crippen LogP contribution in [0, 0.1) is 33.5 Å². The quantitative estimate of drug-likeness (QED) is 0.213. The third kappa shape index (κ3) is 10.7. The van der Waals surface area contributed by atoms with Gasteiger partial charge in [0.2, 0.25) is 34.2 Å². The summed E-state index contributed by atoms with van der Waals surface area (Å²) < 4.78 is 52.8. The summed E-state index contributed by atoms with van der Waals surface area (Å²) in [6, 6.07) is -4.95. The highest BCUT2D eigenvalue weighted by atomic mass is 32.2. The molecule has 0 aromatic rings. The number of nitrogens with zero attached hydrogens (tertiary/aromatic N) is 1. The lowest BCUT2D eigenvalue weighted by Crippen LogP contribution is -2.62. The molecule has 0 unspecified atom stereocenters. The molecule has 0 bridgehead atoms. The van der Waals surface area contributed by atoms with Gasteiger partial charge in [-0.25, -0.2) is 26.7 Å². The van der Waals surface area contributed by atoms with Crippen LogP contribution in [0.1, 0.15) is 82.6 Å². The van der Waals surface area contributed by atoms with Crippen LogP contribution in [0.15, 0.2) is 0 Å². The fourth-order valence-corrected chi connectivity index (χ4v) is 6.38. The van der Waals surface area contributed by atoms with Crippen LogP contribution < -0.4 is 26.0 Å². The van der Waals surface area contributed by atoms with Gasteiger partial charge in [0.15, 0.2) is 0 Å². The summed E-state index contributed by atoms with van der Waals surface area (Å²) in [6.45, 7) is 20.7. The third-order valence-corrected chi connectivity index (χ3v) is 9.58. The lowest BCUT2D eigenvalue weighted by Gasteiger charge is -2.38.